The average Bonchev–Trinajstić information content (AvgIpc) is 2.84. The standard InChI is InChI=1S/C30H22N2/c1-2-23-18-32-27-16-15-25-26(29(27)30(23)31-17-1)14-13-24-21-9-7-19-3-5-20(6-4-19)8-10-22(12-11-21)28(24)25/h1-6,11-18H,7-10H2. The van der Waals surface area contributed by atoms with E-state index in [-0.39, 0.29) is 0 Å². The summed E-state index contributed by atoms with van der Waals surface area (Å²) >= 11 is 0. The molecule has 0 fully saturated rings. The normalized spacial score (nSPS) is 13.8. The molecule has 2 aromatic heterocycles. The monoisotopic (exact) mass is 410 g/mol. The number of nitrogens with zero attached hydrogens (tertiary/aromatic N) is 2. The highest BCUT2D eigenvalue weighted by molar-refractivity contribution is 6.23. The molecule has 32 heavy (non-hydrogen) atoms. The molecular formula is C30H22N2. The van der Waals surface area contributed by atoms with Gasteiger partial charge in [0.2, 0.25) is 0 Å². The highest BCUT2D eigenvalue weighted by Crippen LogP contribution is 2.37. The van der Waals surface area contributed by atoms with Gasteiger partial charge < -0.3 is 0 Å². The van der Waals surface area contributed by atoms with Gasteiger partial charge in [-0.1, -0.05) is 54.6 Å². The zero-order valence-corrected chi connectivity index (χ0v) is 17.8. The fourth-order valence-corrected chi connectivity index (χ4v) is 5.47. The minimum atomic E-state index is 1.01. The van der Waals surface area contributed by atoms with E-state index in [0.29, 0.717) is 0 Å². The molecule has 0 spiro atoms. The maximum absolute atomic E-state index is 4.74. The number of pyridine rings is 2. The Morgan fingerprint density at radius 3 is 2.06 bits per heavy atom. The molecule has 0 aliphatic heterocycles. The van der Waals surface area contributed by atoms with Gasteiger partial charge in [-0.2, -0.15) is 0 Å². The van der Waals surface area contributed by atoms with E-state index in [2.05, 4.69) is 66.7 Å². The van der Waals surface area contributed by atoms with Crippen LogP contribution in [0.5, 0.6) is 0 Å². The first kappa shape index (κ1) is 17.9. The van der Waals surface area contributed by atoms with E-state index >= 15 is 0 Å². The first-order chi connectivity index (χ1) is 15.8. The van der Waals surface area contributed by atoms with Crippen LogP contribution in [0.4, 0.5) is 0 Å². The van der Waals surface area contributed by atoms with Gasteiger partial charge in [-0.3, -0.25) is 9.97 Å². The number of rotatable bonds is 0. The van der Waals surface area contributed by atoms with Crippen LogP contribution in [0.2, 0.25) is 0 Å². The molecule has 4 aliphatic carbocycles. The van der Waals surface area contributed by atoms with E-state index in [1.165, 1.54) is 43.8 Å². The van der Waals surface area contributed by atoms with Crippen LogP contribution in [0, 0.1) is 0 Å². The van der Waals surface area contributed by atoms with Crippen molar-refractivity contribution in [2.45, 2.75) is 25.7 Å². The predicted molar refractivity (Wildman–Crippen MR) is 133 cm³/mol. The molecule has 10 rings (SSSR count). The molecule has 4 aliphatic rings. The molecule has 0 amide bonds. The van der Waals surface area contributed by atoms with Crippen molar-refractivity contribution in [3.05, 3.63) is 107 Å². The molecule has 2 heteroatoms. The lowest BCUT2D eigenvalue weighted by Crippen LogP contribution is -2.00. The van der Waals surface area contributed by atoms with Gasteiger partial charge in [0.05, 0.1) is 11.0 Å². The van der Waals surface area contributed by atoms with Crippen LogP contribution in [0.25, 0.3) is 43.4 Å². The number of benzene rings is 4. The topological polar surface area (TPSA) is 25.8 Å². The number of fused-ring (bicyclic) bond motifs is 5. The van der Waals surface area contributed by atoms with E-state index in [4.69, 9.17) is 9.97 Å². The molecule has 0 saturated heterocycles. The molecule has 0 N–H and O–H groups in total. The Hall–Kier alpha value is -3.78. The Labute approximate surface area is 186 Å². The molecule has 6 aromatic rings. The molecule has 152 valence electrons. The van der Waals surface area contributed by atoms with Crippen molar-refractivity contribution in [1.29, 1.82) is 0 Å². The summed E-state index contributed by atoms with van der Waals surface area (Å²) in [5, 5.41) is 7.62. The third-order valence-corrected chi connectivity index (χ3v) is 7.14. The van der Waals surface area contributed by atoms with Crippen LogP contribution < -0.4 is 0 Å². The quantitative estimate of drug-likeness (QED) is 0.253. The fourth-order valence-electron chi connectivity index (χ4n) is 5.47. The van der Waals surface area contributed by atoms with Gasteiger partial charge in [-0.15, -0.1) is 0 Å². The Kier molecular flexibility index (Phi) is 3.83. The molecule has 0 unspecified atom stereocenters. The van der Waals surface area contributed by atoms with Crippen LogP contribution in [0.1, 0.15) is 22.3 Å². The van der Waals surface area contributed by atoms with E-state index in [9.17, 15) is 0 Å². The number of hydrogen-bond donors (Lipinski definition) is 0. The molecular weight excluding hydrogens is 388 g/mol. The molecule has 0 atom stereocenters. The third kappa shape index (κ3) is 2.66. The maximum Gasteiger partial charge on any atom is 0.0817 e. The van der Waals surface area contributed by atoms with Crippen LogP contribution in [0.15, 0.2) is 85.2 Å². The van der Waals surface area contributed by atoms with E-state index in [1.54, 1.807) is 0 Å². The molecule has 4 bridgehead atoms. The van der Waals surface area contributed by atoms with Gasteiger partial charge in [0, 0.05) is 23.2 Å². The Bertz CT molecular complexity index is 1660. The highest BCUT2D eigenvalue weighted by Gasteiger charge is 2.15. The Morgan fingerprint density at radius 2 is 1.22 bits per heavy atom. The van der Waals surface area contributed by atoms with Crippen LogP contribution in [0.3, 0.4) is 0 Å². The van der Waals surface area contributed by atoms with Crippen molar-refractivity contribution in [3.8, 4) is 0 Å². The van der Waals surface area contributed by atoms with Gasteiger partial charge in [0.25, 0.3) is 0 Å². The van der Waals surface area contributed by atoms with Crippen molar-refractivity contribution in [2.24, 2.45) is 0 Å². The van der Waals surface area contributed by atoms with Crippen molar-refractivity contribution in [3.63, 3.8) is 0 Å². The number of hydrogen-bond acceptors (Lipinski definition) is 2. The van der Waals surface area contributed by atoms with Crippen LogP contribution in [-0.2, 0) is 25.7 Å². The summed E-state index contributed by atoms with van der Waals surface area (Å²) < 4.78 is 0. The lowest BCUT2D eigenvalue weighted by atomic mass is 9.88. The second kappa shape index (κ2) is 6.86. The highest BCUT2D eigenvalue weighted by atomic mass is 14.7. The van der Waals surface area contributed by atoms with Gasteiger partial charge in [0.15, 0.2) is 0 Å². The Balaban J connectivity index is 1.58. The predicted octanol–water partition coefficient (Wildman–Crippen LogP) is 6.97. The number of aromatic nitrogens is 2. The molecule has 0 saturated carbocycles. The second-order valence-electron chi connectivity index (χ2n) is 8.94. The minimum absolute atomic E-state index is 1.01. The van der Waals surface area contributed by atoms with Crippen molar-refractivity contribution < 1.29 is 0 Å². The van der Waals surface area contributed by atoms with Gasteiger partial charge in [-0.05, 0) is 87.7 Å². The summed E-state index contributed by atoms with van der Waals surface area (Å²) in [5.41, 5.74) is 7.74. The van der Waals surface area contributed by atoms with Crippen LogP contribution in [-0.4, -0.2) is 9.97 Å². The molecule has 2 heterocycles. The summed E-state index contributed by atoms with van der Waals surface area (Å²) in [4.78, 5) is 9.48. The SMILES string of the molecule is c1cnc2c(c1)cnc1ccc3c(ccc4c5ccc(c43)CCc3ccc(cc3)CC5)c12. The zero-order chi connectivity index (χ0) is 21.1. The Morgan fingerprint density at radius 1 is 0.531 bits per heavy atom. The first-order valence-electron chi connectivity index (χ1n) is 11.4. The lowest BCUT2D eigenvalue weighted by Gasteiger charge is -2.17. The van der Waals surface area contributed by atoms with Crippen molar-refractivity contribution in [2.75, 3.05) is 0 Å². The van der Waals surface area contributed by atoms with Crippen molar-refractivity contribution in [1.82, 2.24) is 9.97 Å². The third-order valence-electron chi connectivity index (χ3n) is 7.14. The summed E-state index contributed by atoms with van der Waals surface area (Å²) in [6.45, 7) is 0. The second-order valence-corrected chi connectivity index (χ2v) is 8.94. The van der Waals surface area contributed by atoms with E-state index < -0.39 is 0 Å². The minimum Gasteiger partial charge on any atom is -0.255 e. The maximum atomic E-state index is 4.74. The largest absolute Gasteiger partial charge is 0.255 e. The molecule has 0 radical (unpaired) electrons. The summed E-state index contributed by atoms with van der Waals surface area (Å²) in [7, 11) is 0. The lowest BCUT2D eigenvalue weighted by molar-refractivity contribution is 0.934. The van der Waals surface area contributed by atoms with Gasteiger partial charge in [0.1, 0.15) is 0 Å². The van der Waals surface area contributed by atoms with E-state index in [1.807, 2.05) is 18.5 Å². The summed E-state index contributed by atoms with van der Waals surface area (Å²) in [5.74, 6) is 0. The number of aryl methyl sites for hydroxylation is 4. The molecule has 4 aromatic carbocycles. The zero-order valence-electron chi connectivity index (χ0n) is 17.8. The van der Waals surface area contributed by atoms with Crippen LogP contribution >= 0.6 is 0 Å². The molecule has 2 nitrogen and oxygen atoms in total. The van der Waals surface area contributed by atoms with E-state index in [0.717, 1.165) is 47.5 Å². The van der Waals surface area contributed by atoms with Crippen molar-refractivity contribution >= 4 is 43.4 Å². The summed E-state index contributed by atoms with van der Waals surface area (Å²) in [6, 6.07) is 27.1. The average molecular weight is 411 g/mol. The fraction of sp³-hybridized carbons (Fsp3) is 0.133. The summed E-state index contributed by atoms with van der Waals surface area (Å²) in [6.07, 6.45) is 8.05. The van der Waals surface area contributed by atoms with Gasteiger partial charge in [-0.25, -0.2) is 0 Å². The smallest absolute Gasteiger partial charge is 0.0817 e. The van der Waals surface area contributed by atoms with Gasteiger partial charge >= 0.3 is 0 Å². The first-order valence-corrected chi connectivity index (χ1v) is 11.4.